The molecule has 0 aliphatic rings. The van der Waals surface area contributed by atoms with Gasteiger partial charge in [0.1, 0.15) is 22.9 Å². The van der Waals surface area contributed by atoms with Crippen molar-refractivity contribution in [1.29, 1.82) is 0 Å². The largest absolute Gasteiger partial charge is 0.487 e. The van der Waals surface area contributed by atoms with Crippen molar-refractivity contribution in [1.82, 2.24) is 14.4 Å². The standard InChI is InChI=1S/C22H22N4O2S/c1-3-7-20-23-15(2)21(29-20)22(27)25-16-8-6-9-18(12-16)28-14-17-13-26-11-5-4-10-19(26)24-17/h4-6,8-13H,3,7,14H2,1-2H3,(H,25,27). The molecule has 0 saturated carbocycles. The number of nitrogens with one attached hydrogen (secondary N) is 1. The molecular weight excluding hydrogens is 384 g/mol. The van der Waals surface area contributed by atoms with Crippen LogP contribution >= 0.6 is 11.3 Å². The monoisotopic (exact) mass is 406 g/mol. The van der Waals surface area contributed by atoms with Gasteiger partial charge >= 0.3 is 0 Å². The fourth-order valence-electron chi connectivity index (χ4n) is 3.05. The van der Waals surface area contributed by atoms with E-state index in [9.17, 15) is 4.79 Å². The highest BCUT2D eigenvalue weighted by Crippen LogP contribution is 2.23. The molecule has 148 valence electrons. The molecule has 6 nitrogen and oxygen atoms in total. The summed E-state index contributed by atoms with van der Waals surface area (Å²) in [5, 5.41) is 3.95. The molecule has 0 spiro atoms. The zero-order valence-electron chi connectivity index (χ0n) is 16.4. The Morgan fingerprint density at radius 3 is 2.93 bits per heavy atom. The Kier molecular flexibility index (Phi) is 5.57. The van der Waals surface area contributed by atoms with Crippen molar-refractivity contribution in [2.75, 3.05) is 5.32 Å². The first kappa shape index (κ1) is 19.1. The van der Waals surface area contributed by atoms with Gasteiger partial charge in [0, 0.05) is 24.1 Å². The maximum atomic E-state index is 12.6. The highest BCUT2D eigenvalue weighted by molar-refractivity contribution is 7.13. The van der Waals surface area contributed by atoms with E-state index in [-0.39, 0.29) is 5.91 Å². The van der Waals surface area contributed by atoms with Crippen molar-refractivity contribution in [3.05, 3.63) is 76.1 Å². The number of benzene rings is 1. The van der Waals surface area contributed by atoms with Crippen LogP contribution in [0.25, 0.3) is 5.65 Å². The fraction of sp³-hybridized carbons (Fsp3) is 0.227. The van der Waals surface area contributed by atoms with Gasteiger partial charge in [0.05, 0.1) is 16.4 Å². The van der Waals surface area contributed by atoms with Crippen LogP contribution in [-0.2, 0) is 13.0 Å². The number of thiazole rings is 1. The number of aromatic nitrogens is 3. The highest BCUT2D eigenvalue weighted by Gasteiger charge is 2.15. The van der Waals surface area contributed by atoms with Crippen molar-refractivity contribution >= 4 is 28.6 Å². The molecule has 4 rings (SSSR count). The van der Waals surface area contributed by atoms with Gasteiger partial charge in [-0.1, -0.05) is 19.1 Å². The van der Waals surface area contributed by atoms with E-state index >= 15 is 0 Å². The number of nitrogens with zero attached hydrogens (tertiary/aromatic N) is 3. The predicted octanol–water partition coefficient (Wildman–Crippen LogP) is 4.88. The number of carbonyl (C=O) groups excluding carboxylic acids is 1. The second-order valence-electron chi connectivity index (χ2n) is 6.74. The van der Waals surface area contributed by atoms with Gasteiger partial charge in [-0.2, -0.15) is 0 Å². The normalized spacial score (nSPS) is 11.0. The summed E-state index contributed by atoms with van der Waals surface area (Å²) in [7, 11) is 0. The summed E-state index contributed by atoms with van der Waals surface area (Å²) in [6.07, 6.45) is 5.81. The lowest BCUT2D eigenvalue weighted by molar-refractivity contribution is 0.103. The van der Waals surface area contributed by atoms with Gasteiger partial charge in [-0.25, -0.2) is 9.97 Å². The summed E-state index contributed by atoms with van der Waals surface area (Å²) in [6.45, 7) is 4.33. The molecule has 3 aromatic heterocycles. The van der Waals surface area contributed by atoms with Crippen LogP contribution in [0, 0.1) is 6.92 Å². The smallest absolute Gasteiger partial charge is 0.267 e. The molecule has 1 amide bonds. The lowest BCUT2D eigenvalue weighted by atomic mass is 10.3. The van der Waals surface area contributed by atoms with E-state index in [1.165, 1.54) is 11.3 Å². The third kappa shape index (κ3) is 4.46. The van der Waals surface area contributed by atoms with Crippen LogP contribution < -0.4 is 10.1 Å². The Balaban J connectivity index is 1.42. The van der Waals surface area contributed by atoms with Gasteiger partial charge in [-0.3, -0.25) is 4.79 Å². The molecule has 1 N–H and O–H groups in total. The molecule has 1 aromatic carbocycles. The minimum Gasteiger partial charge on any atom is -0.487 e. The Hall–Kier alpha value is -3.19. The average Bonchev–Trinajstić information content (AvgIpc) is 3.30. The summed E-state index contributed by atoms with van der Waals surface area (Å²) in [5.41, 5.74) is 3.19. The van der Waals surface area contributed by atoms with Crippen molar-refractivity contribution in [3.63, 3.8) is 0 Å². The lowest BCUT2D eigenvalue weighted by Crippen LogP contribution is -2.11. The summed E-state index contributed by atoms with van der Waals surface area (Å²) in [6, 6.07) is 13.2. The number of hydrogen-bond acceptors (Lipinski definition) is 5. The molecule has 3 heterocycles. The molecule has 0 aliphatic carbocycles. The molecule has 0 atom stereocenters. The molecular formula is C22H22N4O2S. The minimum absolute atomic E-state index is 0.139. The topological polar surface area (TPSA) is 68.5 Å². The molecule has 0 radical (unpaired) electrons. The van der Waals surface area contributed by atoms with Crippen molar-refractivity contribution in [3.8, 4) is 5.75 Å². The second kappa shape index (κ2) is 8.45. The van der Waals surface area contributed by atoms with Crippen molar-refractivity contribution in [2.24, 2.45) is 0 Å². The van der Waals surface area contributed by atoms with Gasteiger partial charge in [-0.05, 0) is 44.0 Å². The van der Waals surface area contributed by atoms with Crippen LogP contribution in [0.5, 0.6) is 5.75 Å². The van der Waals surface area contributed by atoms with Crippen LogP contribution in [0.4, 0.5) is 5.69 Å². The van der Waals surface area contributed by atoms with Crippen LogP contribution in [0.1, 0.15) is 39.4 Å². The first-order chi connectivity index (χ1) is 14.1. The summed E-state index contributed by atoms with van der Waals surface area (Å²) in [5.74, 6) is 0.535. The number of aryl methyl sites for hydroxylation is 2. The SMILES string of the molecule is CCCc1nc(C)c(C(=O)Nc2cccc(OCc3cn4ccccc4n3)c2)s1. The van der Waals surface area contributed by atoms with E-state index in [0.717, 1.165) is 34.9 Å². The quantitative estimate of drug-likeness (QED) is 0.475. The molecule has 4 aromatic rings. The molecule has 0 aliphatic heterocycles. The number of pyridine rings is 1. The van der Waals surface area contributed by atoms with Gasteiger partial charge in [0.2, 0.25) is 0 Å². The van der Waals surface area contributed by atoms with Crippen LogP contribution in [0.3, 0.4) is 0 Å². The number of rotatable bonds is 7. The van der Waals surface area contributed by atoms with Gasteiger partial charge in [0.15, 0.2) is 0 Å². The number of hydrogen-bond donors (Lipinski definition) is 1. The first-order valence-electron chi connectivity index (χ1n) is 9.55. The molecule has 0 unspecified atom stereocenters. The molecule has 0 fully saturated rings. The Morgan fingerprint density at radius 1 is 1.21 bits per heavy atom. The van der Waals surface area contributed by atoms with E-state index in [1.807, 2.05) is 66.2 Å². The number of amides is 1. The third-order valence-electron chi connectivity index (χ3n) is 4.40. The van der Waals surface area contributed by atoms with E-state index in [2.05, 4.69) is 22.2 Å². The summed E-state index contributed by atoms with van der Waals surface area (Å²) in [4.78, 5) is 22.3. The summed E-state index contributed by atoms with van der Waals surface area (Å²) >= 11 is 1.46. The van der Waals surface area contributed by atoms with E-state index < -0.39 is 0 Å². The lowest BCUT2D eigenvalue weighted by Gasteiger charge is -2.08. The average molecular weight is 407 g/mol. The molecule has 7 heteroatoms. The number of ether oxygens (including phenoxy) is 1. The van der Waals surface area contributed by atoms with Crippen LogP contribution in [0.15, 0.2) is 54.9 Å². The molecule has 0 bridgehead atoms. The number of anilines is 1. The maximum Gasteiger partial charge on any atom is 0.267 e. The van der Waals surface area contributed by atoms with E-state index in [4.69, 9.17) is 4.74 Å². The second-order valence-corrected chi connectivity index (χ2v) is 7.82. The zero-order chi connectivity index (χ0) is 20.2. The molecule has 29 heavy (non-hydrogen) atoms. The van der Waals surface area contributed by atoms with Gasteiger partial charge in [-0.15, -0.1) is 11.3 Å². The van der Waals surface area contributed by atoms with E-state index in [1.54, 1.807) is 0 Å². The summed E-state index contributed by atoms with van der Waals surface area (Å²) < 4.78 is 7.83. The number of carbonyl (C=O) groups is 1. The zero-order valence-corrected chi connectivity index (χ0v) is 17.2. The fourth-order valence-corrected chi connectivity index (χ4v) is 4.11. The number of fused-ring (bicyclic) bond motifs is 1. The maximum absolute atomic E-state index is 12.6. The van der Waals surface area contributed by atoms with Gasteiger partial charge in [0.25, 0.3) is 5.91 Å². The molecule has 0 saturated heterocycles. The highest BCUT2D eigenvalue weighted by atomic mass is 32.1. The minimum atomic E-state index is -0.139. The van der Waals surface area contributed by atoms with Gasteiger partial charge < -0.3 is 14.5 Å². The van der Waals surface area contributed by atoms with Crippen molar-refractivity contribution in [2.45, 2.75) is 33.3 Å². The number of imidazole rings is 1. The Bertz CT molecular complexity index is 1120. The van der Waals surface area contributed by atoms with Crippen LogP contribution in [-0.4, -0.2) is 20.3 Å². The van der Waals surface area contributed by atoms with Crippen molar-refractivity contribution < 1.29 is 9.53 Å². The first-order valence-corrected chi connectivity index (χ1v) is 10.4. The predicted molar refractivity (Wildman–Crippen MR) is 115 cm³/mol. The third-order valence-corrected chi connectivity index (χ3v) is 5.62. The Labute approximate surface area is 173 Å². The Morgan fingerprint density at radius 2 is 2.10 bits per heavy atom. The van der Waals surface area contributed by atoms with E-state index in [0.29, 0.717) is 22.9 Å². The van der Waals surface area contributed by atoms with Crippen LogP contribution in [0.2, 0.25) is 0 Å².